The summed E-state index contributed by atoms with van der Waals surface area (Å²) in [5, 5.41) is 9.19. The molecule has 0 saturated carbocycles. The van der Waals surface area contributed by atoms with E-state index in [0.29, 0.717) is 34.6 Å². The highest BCUT2D eigenvalue weighted by atomic mass is 79.9. The molecular formula is C15H17BrClNO3. The number of aliphatic carboxylic acids is 1. The Balaban J connectivity index is 2.05. The first-order chi connectivity index (χ1) is 9.99. The second kappa shape index (κ2) is 7.27. The van der Waals surface area contributed by atoms with Gasteiger partial charge < -0.3 is 10.0 Å². The van der Waals surface area contributed by atoms with Gasteiger partial charge in [0.1, 0.15) is 0 Å². The first-order valence-electron chi connectivity index (χ1n) is 6.94. The number of rotatable bonds is 4. The van der Waals surface area contributed by atoms with Crippen LogP contribution >= 0.6 is 27.5 Å². The molecule has 1 unspecified atom stereocenters. The van der Waals surface area contributed by atoms with Gasteiger partial charge in [-0.05, 0) is 53.2 Å². The Labute approximate surface area is 137 Å². The first kappa shape index (κ1) is 16.3. The molecule has 1 atom stereocenters. The second-order valence-corrected chi connectivity index (χ2v) is 6.53. The molecule has 4 nitrogen and oxygen atoms in total. The van der Waals surface area contributed by atoms with Crippen molar-refractivity contribution in [1.29, 1.82) is 0 Å². The summed E-state index contributed by atoms with van der Waals surface area (Å²) < 4.78 is 0.703. The Morgan fingerprint density at radius 2 is 2.19 bits per heavy atom. The van der Waals surface area contributed by atoms with Crippen molar-refractivity contribution in [2.75, 3.05) is 13.1 Å². The van der Waals surface area contributed by atoms with Crippen LogP contribution in [0.4, 0.5) is 0 Å². The van der Waals surface area contributed by atoms with Crippen LogP contribution in [0, 0.1) is 5.92 Å². The predicted octanol–water partition coefficient (Wildman–Crippen LogP) is 3.82. The van der Waals surface area contributed by atoms with E-state index in [1.54, 1.807) is 23.1 Å². The van der Waals surface area contributed by atoms with Gasteiger partial charge in [0.25, 0.3) is 5.91 Å². The molecule has 0 aliphatic carbocycles. The Hall–Kier alpha value is -1.07. The van der Waals surface area contributed by atoms with Crippen LogP contribution in [0.3, 0.4) is 0 Å². The Morgan fingerprint density at radius 1 is 1.43 bits per heavy atom. The summed E-state index contributed by atoms with van der Waals surface area (Å²) in [6.07, 6.45) is 2.65. The molecule has 1 N–H and O–H groups in total. The van der Waals surface area contributed by atoms with Crippen LogP contribution in [0.2, 0.25) is 5.02 Å². The molecule has 1 amide bonds. The van der Waals surface area contributed by atoms with E-state index in [1.165, 1.54) is 0 Å². The number of piperidine rings is 1. The molecule has 1 aliphatic rings. The molecule has 0 aromatic heterocycles. The third kappa shape index (κ3) is 4.20. The molecule has 1 heterocycles. The van der Waals surface area contributed by atoms with Crippen LogP contribution < -0.4 is 0 Å². The normalized spacial score (nSPS) is 18.6. The van der Waals surface area contributed by atoms with Crippen molar-refractivity contribution >= 4 is 39.4 Å². The second-order valence-electron chi connectivity index (χ2n) is 5.29. The lowest BCUT2D eigenvalue weighted by Crippen LogP contribution is -2.40. The fraction of sp³-hybridized carbons (Fsp3) is 0.467. The third-order valence-electron chi connectivity index (χ3n) is 3.75. The Bertz CT molecular complexity index is 550. The molecule has 1 aromatic rings. The quantitative estimate of drug-likeness (QED) is 0.871. The summed E-state index contributed by atoms with van der Waals surface area (Å²) in [7, 11) is 0. The van der Waals surface area contributed by atoms with Crippen molar-refractivity contribution in [3.05, 3.63) is 33.3 Å². The fourth-order valence-corrected chi connectivity index (χ4v) is 3.23. The molecule has 6 heteroatoms. The van der Waals surface area contributed by atoms with Crippen LogP contribution in [0.15, 0.2) is 22.7 Å². The summed E-state index contributed by atoms with van der Waals surface area (Å²) in [5.74, 6) is -0.612. The van der Waals surface area contributed by atoms with E-state index >= 15 is 0 Å². The van der Waals surface area contributed by atoms with E-state index in [2.05, 4.69) is 15.9 Å². The average molecular weight is 375 g/mol. The predicted molar refractivity (Wildman–Crippen MR) is 84.6 cm³/mol. The van der Waals surface area contributed by atoms with E-state index in [9.17, 15) is 9.59 Å². The summed E-state index contributed by atoms with van der Waals surface area (Å²) >= 11 is 9.50. The lowest BCUT2D eigenvalue weighted by atomic mass is 9.93. The fourth-order valence-electron chi connectivity index (χ4n) is 2.65. The number of benzene rings is 1. The maximum Gasteiger partial charge on any atom is 0.303 e. The molecule has 0 bridgehead atoms. The molecule has 1 fully saturated rings. The van der Waals surface area contributed by atoms with Gasteiger partial charge in [0.05, 0.1) is 10.6 Å². The van der Waals surface area contributed by atoms with Crippen molar-refractivity contribution in [2.45, 2.75) is 25.7 Å². The zero-order valence-corrected chi connectivity index (χ0v) is 13.9. The number of hydrogen-bond acceptors (Lipinski definition) is 2. The standard InChI is InChI=1S/C15H17BrClNO3/c16-12-5-1-4-11(14(12)17)15(21)18-8-2-3-10(9-18)6-7-13(19)20/h1,4-5,10H,2-3,6-9H2,(H,19,20). The minimum atomic E-state index is -0.784. The molecule has 0 radical (unpaired) electrons. The zero-order chi connectivity index (χ0) is 15.4. The molecule has 1 aliphatic heterocycles. The number of carboxylic acids is 1. The van der Waals surface area contributed by atoms with Gasteiger partial charge in [-0.15, -0.1) is 0 Å². The monoisotopic (exact) mass is 373 g/mol. The van der Waals surface area contributed by atoms with Crippen molar-refractivity contribution in [3.63, 3.8) is 0 Å². The summed E-state index contributed by atoms with van der Waals surface area (Å²) in [6, 6.07) is 5.30. The van der Waals surface area contributed by atoms with E-state index in [0.717, 1.165) is 12.8 Å². The molecule has 0 spiro atoms. The molecule has 2 rings (SSSR count). The maximum atomic E-state index is 12.6. The van der Waals surface area contributed by atoms with Gasteiger partial charge in [0, 0.05) is 24.0 Å². The topological polar surface area (TPSA) is 57.6 Å². The number of nitrogens with zero attached hydrogens (tertiary/aromatic N) is 1. The Morgan fingerprint density at radius 3 is 2.90 bits per heavy atom. The maximum absolute atomic E-state index is 12.6. The lowest BCUT2D eigenvalue weighted by molar-refractivity contribution is -0.137. The van der Waals surface area contributed by atoms with Gasteiger partial charge in [-0.3, -0.25) is 9.59 Å². The van der Waals surface area contributed by atoms with Crippen LogP contribution in [0.1, 0.15) is 36.0 Å². The van der Waals surface area contributed by atoms with Gasteiger partial charge in [-0.1, -0.05) is 17.7 Å². The van der Waals surface area contributed by atoms with Crippen molar-refractivity contribution in [1.82, 2.24) is 4.90 Å². The number of hydrogen-bond donors (Lipinski definition) is 1. The minimum Gasteiger partial charge on any atom is -0.481 e. The highest BCUT2D eigenvalue weighted by Crippen LogP contribution is 2.29. The van der Waals surface area contributed by atoms with Crippen LogP contribution in [0.25, 0.3) is 0 Å². The van der Waals surface area contributed by atoms with E-state index in [-0.39, 0.29) is 18.2 Å². The number of halogens is 2. The zero-order valence-electron chi connectivity index (χ0n) is 11.5. The number of likely N-dealkylation sites (tertiary alicyclic amines) is 1. The lowest BCUT2D eigenvalue weighted by Gasteiger charge is -2.33. The highest BCUT2D eigenvalue weighted by molar-refractivity contribution is 9.10. The van der Waals surface area contributed by atoms with Crippen LogP contribution in [-0.4, -0.2) is 35.0 Å². The number of carbonyl (C=O) groups is 2. The molecule has 114 valence electrons. The van der Waals surface area contributed by atoms with Crippen LogP contribution in [-0.2, 0) is 4.79 Å². The largest absolute Gasteiger partial charge is 0.481 e. The smallest absolute Gasteiger partial charge is 0.303 e. The van der Waals surface area contributed by atoms with Gasteiger partial charge in [-0.25, -0.2) is 0 Å². The van der Waals surface area contributed by atoms with Gasteiger partial charge in [0.15, 0.2) is 0 Å². The van der Waals surface area contributed by atoms with Crippen LogP contribution in [0.5, 0.6) is 0 Å². The van der Waals surface area contributed by atoms with E-state index in [4.69, 9.17) is 16.7 Å². The van der Waals surface area contributed by atoms with Gasteiger partial charge in [-0.2, -0.15) is 0 Å². The van der Waals surface area contributed by atoms with Crippen molar-refractivity contribution < 1.29 is 14.7 Å². The van der Waals surface area contributed by atoms with Crippen molar-refractivity contribution in [3.8, 4) is 0 Å². The molecule has 21 heavy (non-hydrogen) atoms. The summed E-state index contributed by atoms with van der Waals surface area (Å²) in [5.41, 5.74) is 0.491. The SMILES string of the molecule is O=C(O)CCC1CCCN(C(=O)c2cccc(Br)c2Cl)C1. The summed E-state index contributed by atoms with van der Waals surface area (Å²) in [6.45, 7) is 1.31. The van der Waals surface area contributed by atoms with Crippen molar-refractivity contribution in [2.24, 2.45) is 5.92 Å². The number of carbonyl (C=O) groups excluding carboxylic acids is 1. The molecular weight excluding hydrogens is 358 g/mol. The highest BCUT2D eigenvalue weighted by Gasteiger charge is 2.26. The summed E-state index contributed by atoms with van der Waals surface area (Å²) in [4.78, 5) is 25.0. The van der Waals surface area contributed by atoms with E-state index in [1.807, 2.05) is 0 Å². The minimum absolute atomic E-state index is 0.0821. The Kier molecular flexibility index (Phi) is 5.65. The van der Waals surface area contributed by atoms with Gasteiger partial charge >= 0.3 is 5.97 Å². The average Bonchev–Trinajstić information content (AvgIpc) is 2.47. The first-order valence-corrected chi connectivity index (χ1v) is 8.11. The molecule has 1 saturated heterocycles. The molecule has 1 aromatic carbocycles. The number of amides is 1. The number of carboxylic acid groups (broad SMARTS) is 1. The van der Waals surface area contributed by atoms with Gasteiger partial charge in [0.2, 0.25) is 0 Å². The van der Waals surface area contributed by atoms with E-state index < -0.39 is 5.97 Å². The third-order valence-corrected chi connectivity index (χ3v) is 5.05.